The van der Waals surface area contributed by atoms with Gasteiger partial charge in [0.05, 0.1) is 0 Å². The molecule has 3 unspecified atom stereocenters. The summed E-state index contributed by atoms with van der Waals surface area (Å²) in [6.07, 6.45) is 4.67. The number of fused-ring (bicyclic) bond motifs is 1. The molecule has 1 aromatic carbocycles. The highest BCUT2D eigenvalue weighted by Crippen LogP contribution is 2.37. The van der Waals surface area contributed by atoms with E-state index in [4.69, 9.17) is 0 Å². The predicted molar refractivity (Wildman–Crippen MR) is 85.8 cm³/mol. The van der Waals surface area contributed by atoms with Crippen LogP contribution in [0.4, 0.5) is 4.39 Å². The normalized spacial score (nSPS) is 21.3. The second-order valence-corrected chi connectivity index (χ2v) is 7.03. The van der Waals surface area contributed by atoms with Crippen LogP contribution in [-0.4, -0.2) is 11.8 Å². The van der Waals surface area contributed by atoms with Crippen molar-refractivity contribution in [1.82, 2.24) is 5.32 Å². The summed E-state index contributed by atoms with van der Waals surface area (Å²) < 4.78 is 13.5. The molecule has 1 aromatic rings. The first-order chi connectivity index (χ1) is 9.63. The fraction of sp³-hybridized carbons (Fsp3) is 0.647. The number of benzene rings is 1. The minimum Gasteiger partial charge on any atom is -0.307 e. The molecule has 3 heteroatoms. The zero-order chi connectivity index (χ0) is 14.5. The number of hydrogen-bond donors (Lipinski definition) is 1. The number of hydrogen-bond acceptors (Lipinski definition) is 2. The zero-order valence-electron chi connectivity index (χ0n) is 12.8. The largest absolute Gasteiger partial charge is 0.307 e. The molecule has 1 nitrogen and oxygen atoms in total. The summed E-state index contributed by atoms with van der Waals surface area (Å²) in [7, 11) is 0. The van der Waals surface area contributed by atoms with Crippen LogP contribution in [0.1, 0.15) is 58.1 Å². The quantitative estimate of drug-likeness (QED) is 0.777. The van der Waals surface area contributed by atoms with Gasteiger partial charge in [-0.25, -0.2) is 4.39 Å². The first-order valence-electron chi connectivity index (χ1n) is 7.82. The first-order valence-corrected chi connectivity index (χ1v) is 8.80. The Morgan fingerprint density at radius 1 is 1.35 bits per heavy atom. The summed E-state index contributed by atoms with van der Waals surface area (Å²) >= 11 is 1.85. The highest BCUT2D eigenvalue weighted by Gasteiger charge is 2.23. The minimum atomic E-state index is -0.118. The van der Waals surface area contributed by atoms with Crippen LogP contribution in [0.5, 0.6) is 0 Å². The van der Waals surface area contributed by atoms with Gasteiger partial charge in [0.25, 0.3) is 0 Å². The summed E-state index contributed by atoms with van der Waals surface area (Å²) in [5, 5.41) is 3.77. The topological polar surface area (TPSA) is 12.0 Å². The molecule has 2 rings (SSSR count). The van der Waals surface area contributed by atoms with E-state index >= 15 is 0 Å². The SMILES string of the molecule is CCC(C)CC(CC)NC1CCSc2ccc(F)cc21. The Bertz CT molecular complexity index is 435. The van der Waals surface area contributed by atoms with E-state index in [1.807, 2.05) is 17.8 Å². The third kappa shape index (κ3) is 3.98. The molecule has 0 aliphatic carbocycles. The summed E-state index contributed by atoms with van der Waals surface area (Å²) in [6, 6.07) is 6.07. The van der Waals surface area contributed by atoms with Crippen molar-refractivity contribution in [3.05, 3.63) is 29.6 Å². The Morgan fingerprint density at radius 2 is 2.15 bits per heavy atom. The van der Waals surface area contributed by atoms with Crippen molar-refractivity contribution in [2.45, 2.75) is 63.4 Å². The second kappa shape index (κ2) is 7.46. The third-order valence-corrected chi connectivity index (χ3v) is 5.45. The molecule has 1 aliphatic heterocycles. The second-order valence-electron chi connectivity index (χ2n) is 5.89. The van der Waals surface area contributed by atoms with E-state index in [1.54, 1.807) is 12.1 Å². The lowest BCUT2D eigenvalue weighted by atomic mass is 9.95. The lowest BCUT2D eigenvalue weighted by Crippen LogP contribution is -2.35. The molecule has 0 saturated carbocycles. The average molecular weight is 295 g/mol. The van der Waals surface area contributed by atoms with Crippen LogP contribution >= 0.6 is 11.8 Å². The zero-order valence-corrected chi connectivity index (χ0v) is 13.6. The van der Waals surface area contributed by atoms with Crippen molar-refractivity contribution in [3.8, 4) is 0 Å². The van der Waals surface area contributed by atoms with E-state index in [0.29, 0.717) is 12.1 Å². The van der Waals surface area contributed by atoms with Gasteiger partial charge in [-0.3, -0.25) is 0 Å². The molecule has 112 valence electrons. The maximum absolute atomic E-state index is 13.5. The monoisotopic (exact) mass is 295 g/mol. The van der Waals surface area contributed by atoms with Gasteiger partial charge >= 0.3 is 0 Å². The standard InChI is InChI=1S/C17H26FNS/c1-4-12(3)10-14(5-2)19-16-8-9-20-17-7-6-13(18)11-15(16)17/h6-7,11-12,14,16,19H,4-5,8-10H2,1-3H3. The van der Waals surface area contributed by atoms with Crippen LogP contribution in [0, 0.1) is 11.7 Å². The smallest absolute Gasteiger partial charge is 0.123 e. The van der Waals surface area contributed by atoms with Crippen LogP contribution in [0.25, 0.3) is 0 Å². The van der Waals surface area contributed by atoms with Crippen LogP contribution in [0.2, 0.25) is 0 Å². The van der Waals surface area contributed by atoms with Crippen molar-refractivity contribution in [2.24, 2.45) is 5.92 Å². The fourth-order valence-corrected chi connectivity index (χ4v) is 3.93. The summed E-state index contributed by atoms with van der Waals surface area (Å²) in [5.41, 5.74) is 1.16. The van der Waals surface area contributed by atoms with E-state index in [2.05, 4.69) is 26.1 Å². The average Bonchev–Trinajstić information content (AvgIpc) is 2.46. The minimum absolute atomic E-state index is 0.118. The van der Waals surface area contributed by atoms with Gasteiger partial charge in [-0.05, 0) is 54.7 Å². The predicted octanol–water partition coefficient (Wildman–Crippen LogP) is 5.17. The van der Waals surface area contributed by atoms with Crippen LogP contribution in [-0.2, 0) is 0 Å². The van der Waals surface area contributed by atoms with Crippen molar-refractivity contribution < 1.29 is 4.39 Å². The number of nitrogens with one attached hydrogen (secondary N) is 1. The fourth-order valence-electron chi connectivity index (χ4n) is 2.83. The Kier molecular flexibility index (Phi) is 5.91. The summed E-state index contributed by atoms with van der Waals surface area (Å²) in [4.78, 5) is 1.24. The van der Waals surface area contributed by atoms with Crippen LogP contribution in [0.3, 0.4) is 0 Å². The van der Waals surface area contributed by atoms with Crippen LogP contribution < -0.4 is 5.32 Å². The van der Waals surface area contributed by atoms with Gasteiger partial charge in [0.2, 0.25) is 0 Å². The maximum atomic E-state index is 13.5. The molecule has 0 saturated heterocycles. The Hall–Kier alpha value is -0.540. The molecule has 20 heavy (non-hydrogen) atoms. The maximum Gasteiger partial charge on any atom is 0.123 e. The molecule has 1 heterocycles. The van der Waals surface area contributed by atoms with Crippen molar-refractivity contribution in [2.75, 3.05) is 5.75 Å². The molecule has 0 aromatic heterocycles. The molecule has 0 bridgehead atoms. The Labute approximate surface area is 126 Å². The lowest BCUT2D eigenvalue weighted by Gasteiger charge is -2.31. The van der Waals surface area contributed by atoms with E-state index in [0.717, 1.165) is 30.1 Å². The number of rotatable bonds is 6. The van der Waals surface area contributed by atoms with Crippen LogP contribution in [0.15, 0.2) is 23.1 Å². The van der Waals surface area contributed by atoms with Crippen molar-refractivity contribution >= 4 is 11.8 Å². The van der Waals surface area contributed by atoms with E-state index in [1.165, 1.54) is 17.7 Å². The van der Waals surface area contributed by atoms with E-state index in [9.17, 15) is 4.39 Å². The van der Waals surface area contributed by atoms with Crippen molar-refractivity contribution in [1.29, 1.82) is 0 Å². The van der Waals surface area contributed by atoms with Gasteiger partial charge in [0, 0.05) is 17.0 Å². The van der Waals surface area contributed by atoms with E-state index < -0.39 is 0 Å². The van der Waals surface area contributed by atoms with Gasteiger partial charge in [-0.1, -0.05) is 27.2 Å². The van der Waals surface area contributed by atoms with Gasteiger partial charge in [0.15, 0.2) is 0 Å². The van der Waals surface area contributed by atoms with Gasteiger partial charge < -0.3 is 5.32 Å². The molecular weight excluding hydrogens is 269 g/mol. The summed E-state index contributed by atoms with van der Waals surface area (Å²) in [5.74, 6) is 1.75. The molecule has 1 N–H and O–H groups in total. The summed E-state index contributed by atoms with van der Waals surface area (Å²) in [6.45, 7) is 6.80. The highest BCUT2D eigenvalue weighted by molar-refractivity contribution is 7.99. The van der Waals surface area contributed by atoms with Crippen molar-refractivity contribution in [3.63, 3.8) is 0 Å². The molecule has 0 fully saturated rings. The molecule has 1 aliphatic rings. The Morgan fingerprint density at radius 3 is 2.85 bits per heavy atom. The lowest BCUT2D eigenvalue weighted by molar-refractivity contribution is 0.343. The Balaban J connectivity index is 2.08. The molecule has 0 radical (unpaired) electrons. The van der Waals surface area contributed by atoms with Gasteiger partial charge in [0.1, 0.15) is 5.82 Å². The number of thioether (sulfide) groups is 1. The highest BCUT2D eigenvalue weighted by atomic mass is 32.2. The molecule has 0 spiro atoms. The van der Waals surface area contributed by atoms with Gasteiger partial charge in [-0.15, -0.1) is 11.8 Å². The first kappa shape index (κ1) is 15.8. The third-order valence-electron chi connectivity index (χ3n) is 4.32. The van der Waals surface area contributed by atoms with E-state index in [-0.39, 0.29) is 5.82 Å². The van der Waals surface area contributed by atoms with Gasteiger partial charge in [-0.2, -0.15) is 0 Å². The molecule has 3 atom stereocenters. The molecular formula is C17H26FNS. The molecule has 0 amide bonds. The number of halogens is 1.